The Bertz CT molecular complexity index is 1070. The molecule has 180 valence electrons. The van der Waals surface area contributed by atoms with Crippen molar-refractivity contribution in [3.63, 3.8) is 0 Å². The molecule has 0 heterocycles. The molecule has 0 aliphatic carbocycles. The Morgan fingerprint density at radius 3 is 2.27 bits per heavy atom. The average Bonchev–Trinajstić information content (AvgIpc) is 2.75. The Morgan fingerprint density at radius 2 is 1.73 bits per heavy atom. The lowest BCUT2D eigenvalue weighted by Gasteiger charge is -2.32. The highest BCUT2D eigenvalue weighted by Crippen LogP contribution is 2.22. The Balaban J connectivity index is 2.37. The van der Waals surface area contributed by atoms with Gasteiger partial charge in [-0.2, -0.15) is 0 Å². The van der Waals surface area contributed by atoms with Gasteiger partial charge in [-0.15, -0.1) is 0 Å². The molecule has 2 rings (SSSR count). The monoisotopic (exact) mass is 493 g/mol. The first kappa shape index (κ1) is 26.7. The average molecular weight is 494 g/mol. The second-order valence-electron chi connectivity index (χ2n) is 8.25. The van der Waals surface area contributed by atoms with E-state index in [-0.39, 0.29) is 24.2 Å². The smallest absolute Gasteiger partial charge is 0.244 e. The summed E-state index contributed by atoms with van der Waals surface area (Å²) in [7, 11) is -3.78. The van der Waals surface area contributed by atoms with Crippen molar-refractivity contribution < 1.29 is 18.0 Å². The molecule has 0 saturated carbocycles. The number of nitrogens with one attached hydrogen (secondary N) is 1. The van der Waals surface area contributed by atoms with Gasteiger partial charge >= 0.3 is 0 Å². The summed E-state index contributed by atoms with van der Waals surface area (Å²) in [6, 6.07) is 13.1. The third-order valence-corrected chi connectivity index (χ3v) is 6.79. The zero-order valence-corrected chi connectivity index (χ0v) is 21.3. The van der Waals surface area contributed by atoms with Gasteiger partial charge in [0.2, 0.25) is 21.8 Å². The molecule has 0 bridgehead atoms. The van der Waals surface area contributed by atoms with Crippen molar-refractivity contribution in [1.29, 1.82) is 0 Å². The molecule has 0 saturated heterocycles. The minimum Gasteiger partial charge on any atom is -0.352 e. The first-order chi connectivity index (χ1) is 15.4. The van der Waals surface area contributed by atoms with Crippen LogP contribution in [0.15, 0.2) is 48.5 Å². The van der Waals surface area contributed by atoms with Gasteiger partial charge in [0.1, 0.15) is 12.6 Å². The van der Waals surface area contributed by atoms with Crippen LogP contribution in [0.25, 0.3) is 0 Å². The van der Waals surface area contributed by atoms with Gasteiger partial charge in [0.05, 0.1) is 11.9 Å². The number of halogens is 1. The highest BCUT2D eigenvalue weighted by Gasteiger charge is 2.30. The van der Waals surface area contributed by atoms with E-state index < -0.39 is 28.5 Å². The first-order valence-corrected chi connectivity index (χ1v) is 13.0. The van der Waals surface area contributed by atoms with Crippen molar-refractivity contribution >= 4 is 39.1 Å². The van der Waals surface area contributed by atoms with E-state index in [0.29, 0.717) is 5.02 Å². The van der Waals surface area contributed by atoms with Crippen molar-refractivity contribution in [3.05, 3.63) is 64.7 Å². The molecular weight excluding hydrogens is 462 g/mol. The van der Waals surface area contributed by atoms with Gasteiger partial charge in [-0.3, -0.25) is 13.9 Å². The van der Waals surface area contributed by atoms with Gasteiger partial charge in [-0.25, -0.2) is 8.42 Å². The summed E-state index contributed by atoms with van der Waals surface area (Å²) in [5.41, 5.74) is 2.19. The van der Waals surface area contributed by atoms with E-state index in [1.807, 2.05) is 45.0 Å². The normalized spacial score (nSPS) is 13.2. The third-order valence-electron chi connectivity index (χ3n) is 5.42. The minimum atomic E-state index is -3.78. The Kier molecular flexibility index (Phi) is 9.31. The number of benzene rings is 2. The summed E-state index contributed by atoms with van der Waals surface area (Å²) in [4.78, 5) is 27.7. The number of sulfonamides is 1. The van der Waals surface area contributed by atoms with Crippen LogP contribution in [0, 0.1) is 6.92 Å². The lowest BCUT2D eigenvalue weighted by atomic mass is 10.1. The van der Waals surface area contributed by atoms with Crippen LogP contribution >= 0.6 is 11.6 Å². The van der Waals surface area contributed by atoms with E-state index in [4.69, 9.17) is 11.6 Å². The van der Waals surface area contributed by atoms with Crippen LogP contribution in [0.5, 0.6) is 0 Å². The zero-order valence-electron chi connectivity index (χ0n) is 19.7. The summed E-state index contributed by atoms with van der Waals surface area (Å²) in [5.74, 6) is -0.786. The van der Waals surface area contributed by atoms with Gasteiger partial charge in [0.25, 0.3) is 0 Å². The number of rotatable bonds is 10. The number of aryl methyl sites for hydroxylation is 1. The van der Waals surface area contributed by atoms with Crippen molar-refractivity contribution in [1.82, 2.24) is 10.2 Å². The SMILES string of the molecule is CC[C@@H](C)NC(=O)[C@H](C)N(Cc1ccc(C)cc1)C(=O)CN(c1cccc(Cl)c1)S(C)(=O)=O. The van der Waals surface area contributed by atoms with E-state index in [9.17, 15) is 18.0 Å². The molecule has 9 heteroatoms. The molecule has 0 aromatic heterocycles. The van der Waals surface area contributed by atoms with Crippen LogP contribution in [0.1, 0.15) is 38.3 Å². The maximum atomic E-state index is 13.4. The maximum absolute atomic E-state index is 13.4. The lowest BCUT2D eigenvalue weighted by molar-refractivity contribution is -0.139. The lowest BCUT2D eigenvalue weighted by Crippen LogP contribution is -2.52. The molecule has 2 amide bonds. The van der Waals surface area contributed by atoms with Gasteiger partial charge in [-0.05, 0) is 51.0 Å². The summed E-state index contributed by atoms with van der Waals surface area (Å²) >= 11 is 6.04. The standard InChI is InChI=1S/C24H32ClN3O4S/c1-6-18(3)26-24(30)19(4)27(15-20-12-10-17(2)11-13-20)23(29)16-28(33(5,31)32)22-9-7-8-21(25)14-22/h7-14,18-19H,6,15-16H2,1-5H3,(H,26,30)/t18-,19+/m1/s1. The van der Waals surface area contributed by atoms with Crippen LogP contribution in [0.3, 0.4) is 0 Å². The molecule has 33 heavy (non-hydrogen) atoms. The second-order valence-corrected chi connectivity index (χ2v) is 10.6. The van der Waals surface area contributed by atoms with E-state index >= 15 is 0 Å². The van der Waals surface area contributed by atoms with Crippen molar-refractivity contribution in [2.24, 2.45) is 0 Å². The molecule has 7 nitrogen and oxygen atoms in total. The van der Waals surface area contributed by atoms with Crippen LogP contribution in [-0.4, -0.2) is 50.0 Å². The van der Waals surface area contributed by atoms with E-state index in [2.05, 4.69) is 5.32 Å². The predicted octanol–water partition coefficient (Wildman–Crippen LogP) is 3.75. The maximum Gasteiger partial charge on any atom is 0.244 e. The van der Waals surface area contributed by atoms with Crippen molar-refractivity contribution in [2.45, 2.75) is 52.7 Å². The number of hydrogen-bond acceptors (Lipinski definition) is 4. The number of hydrogen-bond donors (Lipinski definition) is 1. The van der Waals surface area contributed by atoms with Gasteiger partial charge in [0.15, 0.2) is 0 Å². The summed E-state index contributed by atoms with van der Waals surface area (Å²) in [6.07, 6.45) is 1.78. The molecule has 0 radical (unpaired) electrons. The van der Waals surface area contributed by atoms with Crippen LogP contribution < -0.4 is 9.62 Å². The van der Waals surface area contributed by atoms with Crippen LogP contribution in [-0.2, 0) is 26.2 Å². The van der Waals surface area contributed by atoms with Crippen LogP contribution in [0.4, 0.5) is 5.69 Å². The largest absolute Gasteiger partial charge is 0.352 e. The number of carbonyl (C=O) groups excluding carboxylic acids is 2. The molecule has 1 N–H and O–H groups in total. The molecule has 0 unspecified atom stereocenters. The number of nitrogens with zero attached hydrogens (tertiary/aromatic N) is 2. The summed E-state index contributed by atoms with van der Waals surface area (Å²) in [5, 5.41) is 3.25. The number of anilines is 1. The Labute approximate surface area is 201 Å². The molecule has 0 aliphatic heterocycles. The Hall–Kier alpha value is -2.58. The molecule has 2 aromatic rings. The zero-order chi connectivity index (χ0) is 24.8. The van der Waals surface area contributed by atoms with Crippen molar-refractivity contribution in [2.75, 3.05) is 17.1 Å². The molecule has 0 aliphatic rings. The number of carbonyl (C=O) groups is 2. The fourth-order valence-electron chi connectivity index (χ4n) is 3.18. The molecule has 2 aromatic carbocycles. The third kappa shape index (κ3) is 7.75. The summed E-state index contributed by atoms with van der Waals surface area (Å²) < 4.78 is 26.0. The molecule has 2 atom stereocenters. The highest BCUT2D eigenvalue weighted by molar-refractivity contribution is 7.92. The molecule has 0 spiro atoms. The molecule has 0 fully saturated rings. The fourth-order valence-corrected chi connectivity index (χ4v) is 4.21. The highest BCUT2D eigenvalue weighted by atomic mass is 35.5. The molecular formula is C24H32ClN3O4S. The first-order valence-electron chi connectivity index (χ1n) is 10.8. The van der Waals surface area contributed by atoms with E-state index in [1.54, 1.807) is 25.1 Å². The predicted molar refractivity (Wildman–Crippen MR) is 133 cm³/mol. The van der Waals surface area contributed by atoms with Gasteiger partial charge in [-0.1, -0.05) is 54.4 Å². The van der Waals surface area contributed by atoms with Crippen LogP contribution in [0.2, 0.25) is 5.02 Å². The minimum absolute atomic E-state index is 0.0461. The summed E-state index contributed by atoms with van der Waals surface area (Å²) in [6.45, 7) is 7.17. The quantitative estimate of drug-likeness (QED) is 0.546. The number of amides is 2. The van der Waals surface area contributed by atoms with E-state index in [1.165, 1.54) is 11.0 Å². The second kappa shape index (κ2) is 11.5. The topological polar surface area (TPSA) is 86.8 Å². The Morgan fingerprint density at radius 1 is 1.09 bits per heavy atom. The van der Waals surface area contributed by atoms with Gasteiger partial charge in [0, 0.05) is 17.6 Å². The van der Waals surface area contributed by atoms with E-state index in [0.717, 1.165) is 28.1 Å². The fraction of sp³-hybridized carbons (Fsp3) is 0.417. The van der Waals surface area contributed by atoms with Gasteiger partial charge < -0.3 is 10.2 Å². The van der Waals surface area contributed by atoms with Crippen molar-refractivity contribution in [3.8, 4) is 0 Å².